The first-order valence-electron chi connectivity index (χ1n) is 10.9. The van der Waals surface area contributed by atoms with Gasteiger partial charge in [0.2, 0.25) is 5.91 Å². The number of aromatic nitrogens is 2. The second-order valence-corrected chi connectivity index (χ2v) is 10.4. The van der Waals surface area contributed by atoms with Crippen molar-refractivity contribution in [1.29, 1.82) is 0 Å². The SMILES string of the molecule is C=CCN(C(=O)/C=C/c1cn(Cc2ccccc2)nc1-c1ccccc1)C1CCS(=O)(=O)C1. The van der Waals surface area contributed by atoms with Gasteiger partial charge in [-0.25, -0.2) is 8.42 Å². The molecule has 4 rings (SSSR count). The Morgan fingerprint density at radius 2 is 1.82 bits per heavy atom. The molecule has 1 aromatic heterocycles. The maximum absolute atomic E-state index is 13.0. The summed E-state index contributed by atoms with van der Waals surface area (Å²) >= 11 is 0. The van der Waals surface area contributed by atoms with Gasteiger partial charge in [0.15, 0.2) is 9.84 Å². The quantitative estimate of drug-likeness (QED) is 0.378. The van der Waals surface area contributed by atoms with Crippen molar-refractivity contribution in [1.82, 2.24) is 14.7 Å². The smallest absolute Gasteiger partial charge is 0.247 e. The Morgan fingerprint density at radius 1 is 1.12 bits per heavy atom. The molecule has 3 aromatic rings. The molecule has 33 heavy (non-hydrogen) atoms. The van der Waals surface area contributed by atoms with Gasteiger partial charge in [-0.2, -0.15) is 5.10 Å². The predicted octanol–water partition coefficient (Wildman–Crippen LogP) is 3.81. The van der Waals surface area contributed by atoms with E-state index in [4.69, 9.17) is 5.10 Å². The summed E-state index contributed by atoms with van der Waals surface area (Å²) in [5.41, 5.74) is 3.70. The maximum atomic E-state index is 13.0. The van der Waals surface area contributed by atoms with Gasteiger partial charge in [-0.1, -0.05) is 66.7 Å². The van der Waals surface area contributed by atoms with Gasteiger partial charge in [-0.05, 0) is 18.1 Å². The zero-order chi connectivity index (χ0) is 23.3. The third-order valence-corrected chi connectivity index (χ3v) is 7.44. The molecule has 0 aliphatic carbocycles. The van der Waals surface area contributed by atoms with Crippen LogP contribution in [-0.4, -0.2) is 53.1 Å². The lowest BCUT2D eigenvalue weighted by Gasteiger charge is -2.25. The van der Waals surface area contributed by atoms with Crippen LogP contribution >= 0.6 is 0 Å². The van der Waals surface area contributed by atoms with Crippen molar-refractivity contribution >= 4 is 21.8 Å². The van der Waals surface area contributed by atoms with Crippen LogP contribution in [0.2, 0.25) is 0 Å². The summed E-state index contributed by atoms with van der Waals surface area (Å²) in [5, 5.41) is 4.78. The van der Waals surface area contributed by atoms with Gasteiger partial charge in [-0.15, -0.1) is 6.58 Å². The van der Waals surface area contributed by atoms with Crippen molar-refractivity contribution < 1.29 is 13.2 Å². The summed E-state index contributed by atoms with van der Waals surface area (Å²) < 4.78 is 25.7. The fourth-order valence-electron chi connectivity index (χ4n) is 4.07. The van der Waals surface area contributed by atoms with Crippen molar-refractivity contribution in [2.24, 2.45) is 0 Å². The van der Waals surface area contributed by atoms with E-state index in [1.165, 1.54) is 6.08 Å². The van der Waals surface area contributed by atoms with Crippen molar-refractivity contribution in [2.75, 3.05) is 18.1 Å². The van der Waals surface area contributed by atoms with E-state index in [1.807, 2.05) is 71.5 Å². The van der Waals surface area contributed by atoms with Crippen LogP contribution < -0.4 is 0 Å². The number of hydrogen-bond donors (Lipinski definition) is 0. The summed E-state index contributed by atoms with van der Waals surface area (Å²) in [5.74, 6) is -0.107. The second-order valence-electron chi connectivity index (χ2n) is 8.15. The minimum absolute atomic E-state index is 0.00466. The highest BCUT2D eigenvalue weighted by atomic mass is 32.2. The molecule has 1 aliphatic rings. The average molecular weight is 462 g/mol. The van der Waals surface area contributed by atoms with Crippen molar-refractivity contribution in [3.63, 3.8) is 0 Å². The highest BCUT2D eigenvalue weighted by Gasteiger charge is 2.33. The van der Waals surface area contributed by atoms with Crippen LogP contribution in [0.1, 0.15) is 17.5 Å². The molecule has 1 atom stereocenters. The van der Waals surface area contributed by atoms with Gasteiger partial charge >= 0.3 is 0 Å². The van der Waals surface area contributed by atoms with E-state index < -0.39 is 9.84 Å². The number of amides is 1. The fourth-order valence-corrected chi connectivity index (χ4v) is 5.80. The molecule has 0 saturated carbocycles. The lowest BCUT2D eigenvalue weighted by molar-refractivity contribution is -0.127. The van der Waals surface area contributed by atoms with Crippen LogP contribution in [0.5, 0.6) is 0 Å². The van der Waals surface area contributed by atoms with Crippen LogP contribution in [0, 0.1) is 0 Å². The highest BCUT2D eigenvalue weighted by molar-refractivity contribution is 7.91. The zero-order valence-corrected chi connectivity index (χ0v) is 19.2. The van der Waals surface area contributed by atoms with Gasteiger partial charge < -0.3 is 4.90 Å². The van der Waals surface area contributed by atoms with E-state index in [0.29, 0.717) is 19.5 Å². The van der Waals surface area contributed by atoms with E-state index in [0.717, 1.165) is 22.4 Å². The van der Waals surface area contributed by atoms with E-state index in [-0.39, 0.29) is 23.5 Å². The third kappa shape index (κ3) is 5.68. The molecular weight excluding hydrogens is 434 g/mol. The number of rotatable bonds is 8. The third-order valence-electron chi connectivity index (χ3n) is 5.69. The lowest BCUT2D eigenvalue weighted by Crippen LogP contribution is -2.40. The molecule has 2 aromatic carbocycles. The molecule has 7 heteroatoms. The maximum Gasteiger partial charge on any atom is 0.247 e. The molecule has 0 spiro atoms. The van der Waals surface area contributed by atoms with E-state index in [2.05, 4.69) is 6.58 Å². The topological polar surface area (TPSA) is 72.3 Å². The summed E-state index contributed by atoms with van der Waals surface area (Å²) in [7, 11) is -3.09. The number of benzene rings is 2. The minimum Gasteiger partial charge on any atom is -0.331 e. The van der Waals surface area contributed by atoms with Gasteiger partial charge in [-0.3, -0.25) is 9.48 Å². The minimum atomic E-state index is -3.09. The molecule has 1 saturated heterocycles. The summed E-state index contributed by atoms with van der Waals surface area (Å²) in [4.78, 5) is 14.6. The summed E-state index contributed by atoms with van der Waals surface area (Å²) in [6, 6.07) is 19.6. The first kappa shape index (κ1) is 22.7. The number of carbonyl (C=O) groups excluding carboxylic acids is 1. The molecule has 2 heterocycles. The van der Waals surface area contributed by atoms with Gasteiger partial charge in [0.05, 0.1) is 23.7 Å². The van der Waals surface area contributed by atoms with Crippen LogP contribution in [0.4, 0.5) is 0 Å². The molecule has 0 bridgehead atoms. The average Bonchev–Trinajstić information content (AvgIpc) is 3.39. The summed E-state index contributed by atoms with van der Waals surface area (Å²) in [6.07, 6.45) is 7.28. The van der Waals surface area contributed by atoms with Crippen LogP contribution in [-0.2, 0) is 21.2 Å². The number of nitrogens with zero attached hydrogens (tertiary/aromatic N) is 3. The van der Waals surface area contributed by atoms with E-state index in [9.17, 15) is 13.2 Å². The van der Waals surface area contributed by atoms with Gasteiger partial charge in [0, 0.05) is 36.0 Å². The molecule has 1 fully saturated rings. The van der Waals surface area contributed by atoms with Crippen molar-refractivity contribution in [2.45, 2.75) is 19.0 Å². The zero-order valence-electron chi connectivity index (χ0n) is 18.4. The molecule has 1 unspecified atom stereocenters. The molecule has 0 N–H and O–H groups in total. The monoisotopic (exact) mass is 461 g/mol. The van der Waals surface area contributed by atoms with Crippen LogP contribution in [0.25, 0.3) is 17.3 Å². The standard InChI is InChI=1S/C26H27N3O3S/c1-2-16-29(24-15-17-33(31,32)20-24)25(30)14-13-23-19-28(18-21-9-5-3-6-10-21)27-26(23)22-11-7-4-8-12-22/h2-14,19,24H,1,15-18,20H2/b14-13+. The normalized spacial score (nSPS) is 17.3. The number of sulfone groups is 1. The summed E-state index contributed by atoms with van der Waals surface area (Å²) in [6.45, 7) is 4.65. The van der Waals surface area contributed by atoms with Crippen molar-refractivity contribution in [3.8, 4) is 11.3 Å². The van der Waals surface area contributed by atoms with E-state index in [1.54, 1.807) is 17.1 Å². The molecular formula is C26H27N3O3S. The van der Waals surface area contributed by atoms with Gasteiger partial charge in [0.1, 0.15) is 0 Å². The number of carbonyl (C=O) groups is 1. The fraction of sp³-hybridized carbons (Fsp3) is 0.231. The first-order chi connectivity index (χ1) is 15.9. The Labute approximate surface area is 194 Å². The molecule has 170 valence electrons. The second kappa shape index (κ2) is 10.0. The molecule has 1 aliphatic heterocycles. The predicted molar refractivity (Wildman–Crippen MR) is 131 cm³/mol. The van der Waals surface area contributed by atoms with Crippen molar-refractivity contribution in [3.05, 3.63) is 96.7 Å². The first-order valence-corrected chi connectivity index (χ1v) is 12.7. The largest absolute Gasteiger partial charge is 0.331 e. The Morgan fingerprint density at radius 3 is 2.45 bits per heavy atom. The number of hydrogen-bond acceptors (Lipinski definition) is 4. The Bertz CT molecular complexity index is 1250. The molecule has 1 amide bonds. The molecule has 0 radical (unpaired) electrons. The highest BCUT2D eigenvalue weighted by Crippen LogP contribution is 2.24. The Hall–Kier alpha value is -3.45. The van der Waals surface area contributed by atoms with E-state index >= 15 is 0 Å². The lowest BCUT2D eigenvalue weighted by atomic mass is 10.1. The van der Waals surface area contributed by atoms with Crippen LogP contribution in [0.3, 0.4) is 0 Å². The van der Waals surface area contributed by atoms with Crippen LogP contribution in [0.15, 0.2) is 85.6 Å². The molecule has 6 nitrogen and oxygen atoms in total. The Kier molecular flexibility index (Phi) is 6.89. The Balaban J connectivity index is 1.61. The van der Waals surface area contributed by atoms with Gasteiger partial charge in [0.25, 0.3) is 0 Å².